The minimum absolute atomic E-state index is 0.129. The number of likely N-dealkylation sites (tertiary alicyclic amines) is 1. The molecule has 0 bridgehead atoms. The van der Waals surface area contributed by atoms with Gasteiger partial charge in [-0.2, -0.15) is 0 Å². The van der Waals surface area contributed by atoms with E-state index >= 15 is 0 Å². The Morgan fingerprint density at radius 2 is 2.19 bits per heavy atom. The Morgan fingerprint density at radius 3 is 2.81 bits per heavy atom. The molecule has 0 aromatic heterocycles. The van der Waals surface area contributed by atoms with Crippen molar-refractivity contribution in [3.05, 3.63) is 23.8 Å². The minimum atomic E-state index is -0.959. The predicted molar refractivity (Wildman–Crippen MR) is 75.4 cm³/mol. The van der Waals surface area contributed by atoms with Crippen molar-refractivity contribution in [2.45, 2.75) is 32.4 Å². The molecule has 6 nitrogen and oxygen atoms in total. The van der Waals surface area contributed by atoms with E-state index in [1.807, 2.05) is 13.0 Å². The van der Waals surface area contributed by atoms with E-state index in [1.54, 1.807) is 19.2 Å². The smallest absolute Gasteiger partial charge is 0.326 e. The van der Waals surface area contributed by atoms with Crippen LogP contribution in [0.2, 0.25) is 0 Å². The molecule has 0 radical (unpaired) electrons. The van der Waals surface area contributed by atoms with E-state index in [9.17, 15) is 9.59 Å². The first-order valence-corrected chi connectivity index (χ1v) is 6.88. The molecule has 114 valence electrons. The van der Waals surface area contributed by atoms with Crippen LogP contribution < -0.4 is 9.47 Å². The van der Waals surface area contributed by atoms with Crippen molar-refractivity contribution in [2.75, 3.05) is 13.7 Å². The third-order valence-electron chi connectivity index (χ3n) is 3.49. The maximum atomic E-state index is 11.8. The van der Waals surface area contributed by atoms with Crippen molar-refractivity contribution in [2.24, 2.45) is 0 Å². The lowest BCUT2D eigenvalue weighted by Gasteiger charge is -2.22. The SMILES string of the molecule is CCOc1cc(CN2C(=O)CCC2C(=O)O)ccc1OC. The molecule has 1 atom stereocenters. The molecule has 1 N–H and O–H groups in total. The number of methoxy groups -OCH3 is 1. The molecule has 21 heavy (non-hydrogen) atoms. The second-order valence-corrected chi connectivity index (χ2v) is 4.83. The highest BCUT2D eigenvalue weighted by atomic mass is 16.5. The molecular weight excluding hydrogens is 274 g/mol. The number of benzene rings is 1. The number of ether oxygens (including phenoxy) is 2. The van der Waals surface area contributed by atoms with Gasteiger partial charge >= 0.3 is 5.97 Å². The van der Waals surface area contributed by atoms with Crippen molar-refractivity contribution in [3.63, 3.8) is 0 Å². The van der Waals surface area contributed by atoms with Crippen molar-refractivity contribution in [1.82, 2.24) is 4.90 Å². The van der Waals surface area contributed by atoms with Gasteiger partial charge in [0.25, 0.3) is 0 Å². The third kappa shape index (κ3) is 3.26. The summed E-state index contributed by atoms with van der Waals surface area (Å²) in [7, 11) is 1.56. The molecule has 1 aliphatic rings. The largest absolute Gasteiger partial charge is 0.493 e. The second-order valence-electron chi connectivity index (χ2n) is 4.83. The molecule has 1 heterocycles. The monoisotopic (exact) mass is 293 g/mol. The van der Waals surface area contributed by atoms with Crippen LogP contribution in [0.15, 0.2) is 18.2 Å². The van der Waals surface area contributed by atoms with E-state index in [2.05, 4.69) is 0 Å². The zero-order valence-corrected chi connectivity index (χ0v) is 12.2. The Kier molecular flexibility index (Phi) is 4.67. The number of carboxylic acids is 1. The van der Waals surface area contributed by atoms with Crippen LogP contribution in [0.25, 0.3) is 0 Å². The first kappa shape index (κ1) is 15.2. The topological polar surface area (TPSA) is 76.1 Å². The Balaban J connectivity index is 2.20. The molecule has 6 heteroatoms. The normalized spacial score (nSPS) is 17.9. The van der Waals surface area contributed by atoms with Crippen molar-refractivity contribution in [1.29, 1.82) is 0 Å². The summed E-state index contributed by atoms with van der Waals surface area (Å²) >= 11 is 0. The van der Waals surface area contributed by atoms with E-state index in [-0.39, 0.29) is 18.9 Å². The summed E-state index contributed by atoms with van der Waals surface area (Å²) in [5.41, 5.74) is 0.820. The van der Waals surface area contributed by atoms with Gasteiger partial charge in [-0.25, -0.2) is 4.79 Å². The maximum absolute atomic E-state index is 11.8. The first-order valence-electron chi connectivity index (χ1n) is 6.88. The number of carbonyl (C=O) groups excluding carboxylic acids is 1. The van der Waals surface area contributed by atoms with Crippen LogP contribution in [0.5, 0.6) is 11.5 Å². The fourth-order valence-corrected chi connectivity index (χ4v) is 2.47. The number of nitrogens with zero attached hydrogens (tertiary/aromatic N) is 1. The molecular formula is C15H19NO5. The summed E-state index contributed by atoms with van der Waals surface area (Å²) < 4.78 is 10.7. The Bertz CT molecular complexity index is 543. The van der Waals surface area contributed by atoms with Gasteiger partial charge in [0.2, 0.25) is 5.91 Å². The average molecular weight is 293 g/mol. The second kappa shape index (κ2) is 6.47. The molecule has 1 fully saturated rings. The van der Waals surface area contributed by atoms with E-state index < -0.39 is 12.0 Å². The van der Waals surface area contributed by atoms with Gasteiger partial charge in [-0.1, -0.05) is 6.07 Å². The summed E-state index contributed by atoms with van der Waals surface area (Å²) in [5, 5.41) is 9.16. The average Bonchev–Trinajstić information content (AvgIpc) is 2.81. The van der Waals surface area contributed by atoms with Gasteiger partial charge in [0.1, 0.15) is 6.04 Å². The lowest BCUT2D eigenvalue weighted by Crippen LogP contribution is -2.37. The number of hydrogen-bond donors (Lipinski definition) is 1. The van der Waals surface area contributed by atoms with E-state index in [0.717, 1.165) is 5.56 Å². The number of carboxylic acid groups (broad SMARTS) is 1. The molecule has 1 aromatic carbocycles. The van der Waals surface area contributed by atoms with Gasteiger partial charge in [-0.15, -0.1) is 0 Å². The summed E-state index contributed by atoms with van der Waals surface area (Å²) in [6.07, 6.45) is 0.647. The van der Waals surface area contributed by atoms with Crippen LogP contribution in [-0.2, 0) is 16.1 Å². The lowest BCUT2D eigenvalue weighted by molar-refractivity contribution is -0.146. The van der Waals surface area contributed by atoms with Gasteiger partial charge < -0.3 is 19.5 Å². The van der Waals surface area contributed by atoms with E-state index in [4.69, 9.17) is 14.6 Å². The maximum Gasteiger partial charge on any atom is 0.326 e. The Labute approximate surface area is 123 Å². The van der Waals surface area contributed by atoms with Gasteiger partial charge in [0.15, 0.2) is 11.5 Å². The van der Waals surface area contributed by atoms with Crippen molar-refractivity contribution in [3.8, 4) is 11.5 Å². The van der Waals surface area contributed by atoms with Crippen LogP contribution in [0.4, 0.5) is 0 Å². The molecule has 0 aliphatic carbocycles. The van der Waals surface area contributed by atoms with Crippen molar-refractivity contribution >= 4 is 11.9 Å². The van der Waals surface area contributed by atoms with E-state index in [0.29, 0.717) is 24.5 Å². The zero-order chi connectivity index (χ0) is 15.4. The Morgan fingerprint density at radius 1 is 1.43 bits per heavy atom. The van der Waals surface area contributed by atoms with Crippen LogP contribution in [-0.4, -0.2) is 41.6 Å². The number of amides is 1. The molecule has 1 saturated heterocycles. The molecule has 1 amide bonds. The number of hydrogen-bond acceptors (Lipinski definition) is 4. The summed E-state index contributed by atoms with van der Waals surface area (Å²) in [4.78, 5) is 24.4. The van der Waals surface area contributed by atoms with Crippen LogP contribution in [0.3, 0.4) is 0 Å². The minimum Gasteiger partial charge on any atom is -0.493 e. The Hall–Kier alpha value is -2.24. The third-order valence-corrected chi connectivity index (χ3v) is 3.49. The molecule has 1 aromatic rings. The van der Waals surface area contributed by atoms with Crippen LogP contribution >= 0.6 is 0 Å². The summed E-state index contributed by atoms with van der Waals surface area (Å²) in [5.74, 6) is 0.120. The van der Waals surface area contributed by atoms with Gasteiger partial charge in [0, 0.05) is 13.0 Å². The summed E-state index contributed by atoms with van der Waals surface area (Å²) in [6.45, 7) is 2.64. The number of aliphatic carboxylic acids is 1. The van der Waals surface area contributed by atoms with E-state index in [1.165, 1.54) is 4.90 Å². The highest BCUT2D eigenvalue weighted by Gasteiger charge is 2.35. The molecule has 2 rings (SSSR count). The van der Waals surface area contributed by atoms with Gasteiger partial charge in [-0.05, 0) is 31.0 Å². The van der Waals surface area contributed by atoms with Gasteiger partial charge in [-0.3, -0.25) is 4.79 Å². The van der Waals surface area contributed by atoms with Crippen LogP contribution in [0, 0.1) is 0 Å². The highest BCUT2D eigenvalue weighted by Crippen LogP contribution is 2.30. The first-order chi connectivity index (χ1) is 10.1. The molecule has 0 saturated carbocycles. The van der Waals surface area contributed by atoms with Crippen LogP contribution in [0.1, 0.15) is 25.3 Å². The predicted octanol–water partition coefficient (Wildman–Crippen LogP) is 1.67. The number of carbonyl (C=O) groups is 2. The lowest BCUT2D eigenvalue weighted by atomic mass is 10.1. The number of rotatable bonds is 6. The standard InChI is InChI=1S/C15H19NO5/c1-3-21-13-8-10(4-6-12(13)20-2)9-16-11(15(18)19)5-7-14(16)17/h4,6,8,11H,3,5,7,9H2,1-2H3,(H,18,19). The molecule has 1 unspecified atom stereocenters. The molecule has 1 aliphatic heterocycles. The zero-order valence-electron chi connectivity index (χ0n) is 12.2. The highest BCUT2D eigenvalue weighted by molar-refractivity contribution is 5.87. The quantitative estimate of drug-likeness (QED) is 0.863. The fraction of sp³-hybridized carbons (Fsp3) is 0.467. The van der Waals surface area contributed by atoms with Crippen molar-refractivity contribution < 1.29 is 24.2 Å². The molecule has 0 spiro atoms. The fourth-order valence-electron chi connectivity index (χ4n) is 2.47. The van der Waals surface area contributed by atoms with Gasteiger partial charge in [0.05, 0.1) is 13.7 Å². The summed E-state index contributed by atoms with van der Waals surface area (Å²) in [6, 6.07) is 4.62.